The lowest BCUT2D eigenvalue weighted by Gasteiger charge is -2.29. The third-order valence-corrected chi connectivity index (χ3v) is 4.12. The van der Waals surface area contributed by atoms with Gasteiger partial charge in [-0.1, -0.05) is 6.07 Å². The molecular weight excluding hydrogens is 266 g/mol. The van der Waals surface area contributed by atoms with Crippen LogP contribution in [0.3, 0.4) is 0 Å². The predicted octanol–water partition coefficient (Wildman–Crippen LogP) is 3.81. The minimum Gasteiger partial charge on any atom is -0.398 e. The van der Waals surface area contributed by atoms with Crippen LogP contribution >= 0.6 is 11.3 Å². The van der Waals surface area contributed by atoms with Crippen LogP contribution in [0.4, 0.5) is 11.4 Å². The summed E-state index contributed by atoms with van der Waals surface area (Å²) in [5.74, 6) is 0. The van der Waals surface area contributed by atoms with Crippen LogP contribution in [0.25, 0.3) is 0 Å². The maximum atomic E-state index is 8.87. The number of hydrogen-bond donors (Lipinski definition) is 1. The van der Waals surface area contributed by atoms with Gasteiger partial charge in [-0.25, -0.2) is 0 Å². The van der Waals surface area contributed by atoms with E-state index in [9.17, 15) is 0 Å². The molecule has 0 spiro atoms. The van der Waals surface area contributed by atoms with Crippen LogP contribution in [-0.2, 0) is 13.0 Å². The van der Waals surface area contributed by atoms with Crippen molar-refractivity contribution in [2.75, 3.05) is 10.6 Å². The molecule has 0 radical (unpaired) electrons. The highest BCUT2D eigenvalue weighted by Crippen LogP contribution is 2.26. The number of nitrogen functional groups attached to an aromatic ring is 1. The molecule has 0 aliphatic heterocycles. The minimum absolute atomic E-state index is 0.352. The van der Waals surface area contributed by atoms with Crippen molar-refractivity contribution in [1.82, 2.24) is 0 Å². The molecule has 0 atom stereocenters. The molecule has 1 heterocycles. The number of nitrogens with two attached hydrogens (primary N) is 1. The summed E-state index contributed by atoms with van der Waals surface area (Å²) >= 11 is 1.76. The van der Waals surface area contributed by atoms with E-state index >= 15 is 0 Å². The molecule has 0 amide bonds. The van der Waals surface area contributed by atoms with E-state index in [1.807, 2.05) is 18.2 Å². The number of nitrogens with zero attached hydrogens (tertiary/aromatic N) is 2. The number of nitriles is 1. The largest absolute Gasteiger partial charge is 0.398 e. The Morgan fingerprint density at radius 3 is 2.75 bits per heavy atom. The summed E-state index contributed by atoms with van der Waals surface area (Å²) < 4.78 is 0. The lowest BCUT2D eigenvalue weighted by Crippen LogP contribution is -2.29. The van der Waals surface area contributed by atoms with Crippen LogP contribution < -0.4 is 10.6 Å². The van der Waals surface area contributed by atoms with Crippen LogP contribution in [0.2, 0.25) is 0 Å². The molecule has 2 N–H and O–H groups in total. The molecule has 2 aromatic rings. The lowest BCUT2D eigenvalue weighted by molar-refractivity contribution is 0.687. The van der Waals surface area contributed by atoms with Gasteiger partial charge < -0.3 is 10.6 Å². The second kappa shape index (κ2) is 6.44. The Morgan fingerprint density at radius 1 is 1.35 bits per heavy atom. The maximum absolute atomic E-state index is 8.87. The molecule has 4 heteroatoms. The second-order valence-corrected chi connectivity index (χ2v) is 6.05. The maximum Gasteiger partial charge on any atom is 0.0670 e. The number of hydrogen-bond acceptors (Lipinski definition) is 4. The van der Waals surface area contributed by atoms with Gasteiger partial charge in [-0.05, 0) is 49.1 Å². The van der Waals surface area contributed by atoms with Gasteiger partial charge in [0.1, 0.15) is 0 Å². The summed E-state index contributed by atoms with van der Waals surface area (Å²) in [6.07, 6.45) is 0.352. The van der Waals surface area contributed by atoms with Crippen molar-refractivity contribution >= 4 is 22.7 Å². The van der Waals surface area contributed by atoms with Crippen LogP contribution in [-0.4, -0.2) is 6.04 Å². The monoisotopic (exact) mass is 285 g/mol. The molecule has 0 aliphatic carbocycles. The zero-order chi connectivity index (χ0) is 14.5. The summed E-state index contributed by atoms with van der Waals surface area (Å²) in [5, 5.41) is 11.0. The summed E-state index contributed by atoms with van der Waals surface area (Å²) in [6.45, 7) is 5.23. The Kier molecular flexibility index (Phi) is 4.65. The van der Waals surface area contributed by atoms with E-state index in [0.717, 1.165) is 17.8 Å². The lowest BCUT2D eigenvalue weighted by atomic mass is 10.1. The number of anilines is 2. The Labute approximate surface area is 124 Å². The Morgan fingerprint density at radius 2 is 2.15 bits per heavy atom. The van der Waals surface area contributed by atoms with Crippen molar-refractivity contribution < 1.29 is 0 Å². The van der Waals surface area contributed by atoms with E-state index in [2.05, 4.69) is 42.3 Å². The fourth-order valence-electron chi connectivity index (χ4n) is 2.15. The molecule has 0 unspecified atom stereocenters. The quantitative estimate of drug-likeness (QED) is 0.850. The molecule has 0 fully saturated rings. The average molecular weight is 285 g/mol. The van der Waals surface area contributed by atoms with Crippen LogP contribution in [0.1, 0.15) is 24.3 Å². The Balaban J connectivity index is 2.30. The van der Waals surface area contributed by atoms with Gasteiger partial charge in [-0.2, -0.15) is 5.26 Å². The Bertz CT molecular complexity index is 597. The molecular formula is C16H19N3S. The highest BCUT2D eigenvalue weighted by molar-refractivity contribution is 7.09. The molecule has 2 rings (SSSR count). The number of benzene rings is 1. The second-order valence-electron chi connectivity index (χ2n) is 5.02. The first-order valence-electron chi connectivity index (χ1n) is 6.66. The number of rotatable bonds is 5. The average Bonchev–Trinajstić information content (AvgIpc) is 2.92. The summed E-state index contributed by atoms with van der Waals surface area (Å²) in [6, 6.07) is 12.7. The van der Waals surface area contributed by atoms with Gasteiger partial charge in [-0.15, -0.1) is 11.3 Å². The molecule has 0 aliphatic rings. The van der Waals surface area contributed by atoms with Crippen LogP contribution in [0.5, 0.6) is 0 Å². The Hall–Kier alpha value is -1.99. The van der Waals surface area contributed by atoms with Gasteiger partial charge in [0.05, 0.1) is 19.0 Å². The van der Waals surface area contributed by atoms with Gasteiger partial charge in [-0.3, -0.25) is 0 Å². The van der Waals surface area contributed by atoms with Gasteiger partial charge in [0.2, 0.25) is 0 Å². The van der Waals surface area contributed by atoms with Crippen molar-refractivity contribution in [2.45, 2.75) is 32.9 Å². The fourth-order valence-corrected chi connectivity index (χ4v) is 2.85. The van der Waals surface area contributed by atoms with E-state index in [4.69, 9.17) is 11.0 Å². The fraction of sp³-hybridized carbons (Fsp3) is 0.312. The molecule has 1 aromatic carbocycles. The van der Waals surface area contributed by atoms with E-state index in [-0.39, 0.29) is 0 Å². The van der Waals surface area contributed by atoms with E-state index in [0.29, 0.717) is 18.2 Å². The first-order chi connectivity index (χ1) is 9.61. The number of thiophene rings is 1. The molecule has 3 nitrogen and oxygen atoms in total. The smallest absolute Gasteiger partial charge is 0.0670 e. The SMILES string of the molecule is CC(C)N(Cc1cccs1)c1ccc(N)c(CC#N)c1. The molecule has 20 heavy (non-hydrogen) atoms. The van der Waals surface area contributed by atoms with Crippen molar-refractivity contribution in [2.24, 2.45) is 0 Å². The molecule has 104 valence electrons. The third kappa shape index (κ3) is 3.31. The first-order valence-corrected chi connectivity index (χ1v) is 7.54. The zero-order valence-electron chi connectivity index (χ0n) is 11.8. The van der Waals surface area contributed by atoms with Gasteiger partial charge in [0, 0.05) is 22.3 Å². The van der Waals surface area contributed by atoms with E-state index in [1.54, 1.807) is 11.3 Å². The standard InChI is InChI=1S/C16H19N3S/c1-12(2)19(11-15-4-3-9-20-15)14-5-6-16(18)13(10-14)7-8-17/h3-6,9-10,12H,7,11,18H2,1-2H3. The van der Waals surface area contributed by atoms with E-state index in [1.165, 1.54) is 4.88 Å². The molecule has 1 aromatic heterocycles. The van der Waals surface area contributed by atoms with Crippen LogP contribution in [0.15, 0.2) is 35.7 Å². The van der Waals surface area contributed by atoms with Gasteiger partial charge in [0.15, 0.2) is 0 Å². The third-order valence-electron chi connectivity index (χ3n) is 3.26. The first kappa shape index (κ1) is 14.4. The van der Waals surface area contributed by atoms with Crippen LogP contribution in [0, 0.1) is 11.3 Å². The summed E-state index contributed by atoms with van der Waals surface area (Å²) in [5.41, 5.74) is 8.63. The highest BCUT2D eigenvalue weighted by atomic mass is 32.1. The van der Waals surface area contributed by atoms with Crippen molar-refractivity contribution in [3.8, 4) is 6.07 Å². The summed E-state index contributed by atoms with van der Waals surface area (Å²) in [7, 11) is 0. The molecule has 0 saturated carbocycles. The topological polar surface area (TPSA) is 53.0 Å². The van der Waals surface area contributed by atoms with Gasteiger partial charge >= 0.3 is 0 Å². The van der Waals surface area contributed by atoms with Crippen molar-refractivity contribution in [1.29, 1.82) is 5.26 Å². The zero-order valence-corrected chi connectivity index (χ0v) is 12.7. The van der Waals surface area contributed by atoms with Crippen molar-refractivity contribution in [3.05, 3.63) is 46.2 Å². The highest BCUT2D eigenvalue weighted by Gasteiger charge is 2.13. The normalized spacial score (nSPS) is 10.5. The van der Waals surface area contributed by atoms with Gasteiger partial charge in [0.25, 0.3) is 0 Å². The van der Waals surface area contributed by atoms with E-state index < -0.39 is 0 Å². The molecule has 0 bridgehead atoms. The molecule has 0 saturated heterocycles. The predicted molar refractivity (Wildman–Crippen MR) is 85.8 cm³/mol. The minimum atomic E-state index is 0.352. The summed E-state index contributed by atoms with van der Waals surface area (Å²) in [4.78, 5) is 3.66. The van der Waals surface area contributed by atoms with Crippen molar-refractivity contribution in [3.63, 3.8) is 0 Å².